The molecule has 78 valence electrons. The number of halogens is 1. The minimum absolute atomic E-state index is 0.113. The summed E-state index contributed by atoms with van der Waals surface area (Å²) < 4.78 is 9.77. The van der Waals surface area contributed by atoms with Gasteiger partial charge in [-0.1, -0.05) is 0 Å². The van der Waals surface area contributed by atoms with E-state index in [4.69, 9.17) is 16.0 Å². The number of hydrogen-bond donors (Lipinski definition) is 0. The molecule has 0 amide bonds. The molecule has 0 radical (unpaired) electrons. The molecule has 0 aliphatic carbocycles. The highest BCUT2D eigenvalue weighted by Crippen LogP contribution is 2.13. The summed E-state index contributed by atoms with van der Waals surface area (Å²) in [6, 6.07) is 3.38. The van der Waals surface area contributed by atoms with Crippen LogP contribution in [0.3, 0.4) is 0 Å². The molecular weight excluding hydrogens is 204 g/mol. The minimum atomic E-state index is -0.449. The van der Waals surface area contributed by atoms with Crippen molar-refractivity contribution in [3.05, 3.63) is 23.7 Å². The Morgan fingerprint density at radius 1 is 1.64 bits per heavy atom. The summed E-state index contributed by atoms with van der Waals surface area (Å²) in [7, 11) is 1.32. The van der Waals surface area contributed by atoms with Crippen LogP contribution in [0.4, 0.5) is 0 Å². The van der Waals surface area contributed by atoms with E-state index in [0.29, 0.717) is 0 Å². The first-order chi connectivity index (χ1) is 6.63. The van der Waals surface area contributed by atoms with Crippen LogP contribution in [0.1, 0.15) is 29.7 Å². The summed E-state index contributed by atoms with van der Waals surface area (Å²) in [4.78, 5) is 11.0. The zero-order valence-electron chi connectivity index (χ0n) is 8.25. The zero-order valence-corrected chi connectivity index (χ0v) is 9.00. The summed E-state index contributed by atoms with van der Waals surface area (Å²) in [5.74, 6) is 0.554. The summed E-state index contributed by atoms with van der Waals surface area (Å²) >= 11 is 5.79. The van der Waals surface area contributed by atoms with E-state index in [1.807, 2.05) is 6.92 Å². The molecule has 0 saturated heterocycles. The van der Waals surface area contributed by atoms with Crippen LogP contribution in [0.15, 0.2) is 16.5 Å². The normalized spacial score (nSPS) is 12.5. The predicted octanol–water partition coefficient (Wildman–Crippen LogP) is 2.63. The highest BCUT2D eigenvalue weighted by atomic mass is 35.5. The van der Waals surface area contributed by atoms with Crippen LogP contribution < -0.4 is 0 Å². The quantitative estimate of drug-likeness (QED) is 0.574. The largest absolute Gasteiger partial charge is 0.463 e. The van der Waals surface area contributed by atoms with Crippen molar-refractivity contribution >= 4 is 17.6 Å². The Labute approximate surface area is 88.0 Å². The van der Waals surface area contributed by atoms with Crippen LogP contribution in [-0.4, -0.2) is 18.5 Å². The van der Waals surface area contributed by atoms with Crippen LogP contribution in [0.2, 0.25) is 0 Å². The van der Waals surface area contributed by atoms with Crippen molar-refractivity contribution in [1.82, 2.24) is 0 Å². The Morgan fingerprint density at radius 2 is 2.36 bits per heavy atom. The number of esters is 1. The molecular formula is C10H13ClO3. The maximum atomic E-state index is 11.0. The fourth-order valence-corrected chi connectivity index (χ4v) is 1.17. The lowest BCUT2D eigenvalue weighted by molar-refractivity contribution is 0.0563. The maximum Gasteiger partial charge on any atom is 0.373 e. The lowest BCUT2D eigenvalue weighted by Crippen LogP contribution is -1.98. The molecule has 0 aromatic carbocycles. The van der Waals surface area contributed by atoms with Gasteiger partial charge >= 0.3 is 5.97 Å². The Hall–Kier alpha value is -0.960. The van der Waals surface area contributed by atoms with E-state index < -0.39 is 5.97 Å². The molecule has 1 heterocycles. The van der Waals surface area contributed by atoms with Gasteiger partial charge in [0, 0.05) is 11.8 Å². The van der Waals surface area contributed by atoms with Crippen molar-refractivity contribution in [3.63, 3.8) is 0 Å². The van der Waals surface area contributed by atoms with Crippen molar-refractivity contribution in [2.45, 2.75) is 25.1 Å². The number of carbonyl (C=O) groups excluding carboxylic acids is 1. The Bertz CT molecular complexity index is 304. The number of ether oxygens (including phenoxy) is 1. The number of hydrogen-bond acceptors (Lipinski definition) is 3. The van der Waals surface area contributed by atoms with Crippen LogP contribution in [0, 0.1) is 0 Å². The first kappa shape index (κ1) is 11.1. The van der Waals surface area contributed by atoms with E-state index in [1.165, 1.54) is 7.11 Å². The van der Waals surface area contributed by atoms with Gasteiger partial charge in [-0.2, -0.15) is 0 Å². The maximum absolute atomic E-state index is 11.0. The lowest BCUT2D eigenvalue weighted by Gasteiger charge is -1.99. The van der Waals surface area contributed by atoms with E-state index in [0.717, 1.165) is 18.6 Å². The molecule has 3 nitrogen and oxygen atoms in total. The second-order valence-corrected chi connectivity index (χ2v) is 3.82. The third-order valence-electron chi connectivity index (χ3n) is 1.84. The molecule has 0 aliphatic heterocycles. The van der Waals surface area contributed by atoms with Crippen molar-refractivity contribution in [1.29, 1.82) is 0 Å². The molecule has 4 heteroatoms. The van der Waals surface area contributed by atoms with Gasteiger partial charge in [0.25, 0.3) is 0 Å². The lowest BCUT2D eigenvalue weighted by atomic mass is 10.2. The molecule has 0 saturated carbocycles. The summed E-state index contributed by atoms with van der Waals surface area (Å²) in [5.41, 5.74) is 0. The number of methoxy groups -OCH3 is 1. The van der Waals surface area contributed by atoms with E-state index in [-0.39, 0.29) is 11.1 Å². The van der Waals surface area contributed by atoms with Gasteiger partial charge in [-0.3, -0.25) is 0 Å². The Kier molecular flexibility index (Phi) is 4.01. The van der Waals surface area contributed by atoms with Gasteiger partial charge in [-0.25, -0.2) is 4.79 Å². The van der Waals surface area contributed by atoms with Gasteiger partial charge in [0.2, 0.25) is 5.76 Å². The van der Waals surface area contributed by atoms with Crippen LogP contribution in [0.5, 0.6) is 0 Å². The number of carbonyl (C=O) groups is 1. The van der Waals surface area contributed by atoms with Crippen molar-refractivity contribution in [3.8, 4) is 0 Å². The van der Waals surface area contributed by atoms with Gasteiger partial charge in [0.15, 0.2) is 0 Å². The van der Waals surface area contributed by atoms with Crippen LogP contribution in [0.25, 0.3) is 0 Å². The molecule has 1 aromatic rings. The number of rotatable bonds is 4. The van der Waals surface area contributed by atoms with Gasteiger partial charge < -0.3 is 9.15 Å². The summed E-state index contributed by atoms with van der Waals surface area (Å²) in [6.45, 7) is 1.92. The van der Waals surface area contributed by atoms with Gasteiger partial charge in [-0.05, 0) is 25.5 Å². The molecule has 0 fully saturated rings. The summed E-state index contributed by atoms with van der Waals surface area (Å²) in [6.07, 6.45) is 1.57. The number of furan rings is 1. The smallest absolute Gasteiger partial charge is 0.373 e. The molecule has 1 atom stereocenters. The Morgan fingerprint density at radius 3 is 2.93 bits per heavy atom. The van der Waals surface area contributed by atoms with Crippen molar-refractivity contribution in [2.75, 3.05) is 7.11 Å². The first-order valence-corrected chi connectivity index (χ1v) is 4.88. The standard InChI is InChI=1S/C10H13ClO3/c1-7(11)3-4-8-5-6-9(14-8)10(12)13-2/h5-7H,3-4H2,1-2H3. The molecule has 1 unspecified atom stereocenters. The third-order valence-corrected chi connectivity index (χ3v) is 2.05. The fraction of sp³-hybridized carbons (Fsp3) is 0.500. The van der Waals surface area contributed by atoms with Gasteiger partial charge in [0.05, 0.1) is 7.11 Å². The number of aryl methyl sites for hydroxylation is 1. The second-order valence-electron chi connectivity index (χ2n) is 3.08. The average molecular weight is 217 g/mol. The van der Waals surface area contributed by atoms with E-state index in [2.05, 4.69) is 4.74 Å². The Balaban J connectivity index is 2.55. The fourth-order valence-electron chi connectivity index (χ4n) is 1.06. The van der Waals surface area contributed by atoms with Crippen LogP contribution >= 0.6 is 11.6 Å². The molecule has 0 spiro atoms. The highest BCUT2D eigenvalue weighted by molar-refractivity contribution is 6.20. The van der Waals surface area contributed by atoms with E-state index >= 15 is 0 Å². The first-order valence-electron chi connectivity index (χ1n) is 4.44. The molecule has 0 bridgehead atoms. The average Bonchev–Trinajstić information content (AvgIpc) is 2.62. The second kappa shape index (κ2) is 5.05. The van der Waals surface area contributed by atoms with Gasteiger partial charge in [0.1, 0.15) is 5.76 Å². The van der Waals surface area contributed by atoms with E-state index in [9.17, 15) is 4.79 Å². The van der Waals surface area contributed by atoms with Gasteiger partial charge in [-0.15, -0.1) is 11.6 Å². The van der Waals surface area contributed by atoms with Crippen molar-refractivity contribution < 1.29 is 13.9 Å². The molecule has 14 heavy (non-hydrogen) atoms. The molecule has 1 aromatic heterocycles. The number of alkyl halides is 1. The van der Waals surface area contributed by atoms with Crippen LogP contribution in [-0.2, 0) is 11.2 Å². The summed E-state index contributed by atoms with van der Waals surface area (Å²) in [5, 5.41) is 0.113. The topological polar surface area (TPSA) is 39.4 Å². The highest BCUT2D eigenvalue weighted by Gasteiger charge is 2.11. The van der Waals surface area contributed by atoms with Crippen molar-refractivity contribution in [2.24, 2.45) is 0 Å². The van der Waals surface area contributed by atoms with E-state index in [1.54, 1.807) is 12.1 Å². The molecule has 0 N–H and O–H groups in total. The molecule has 1 rings (SSSR count). The minimum Gasteiger partial charge on any atom is -0.463 e. The molecule has 0 aliphatic rings. The predicted molar refractivity (Wildman–Crippen MR) is 53.7 cm³/mol. The zero-order chi connectivity index (χ0) is 10.6. The monoisotopic (exact) mass is 216 g/mol. The third kappa shape index (κ3) is 3.07. The SMILES string of the molecule is COC(=O)c1ccc(CCC(C)Cl)o1.